The van der Waals surface area contributed by atoms with Crippen molar-refractivity contribution in [2.24, 2.45) is 5.73 Å². The van der Waals surface area contributed by atoms with Crippen molar-refractivity contribution >= 4 is 34.2 Å². The third-order valence-corrected chi connectivity index (χ3v) is 4.39. The van der Waals surface area contributed by atoms with E-state index < -0.39 is 6.10 Å². The first-order chi connectivity index (χ1) is 10.4. The quantitative estimate of drug-likeness (QED) is 0.812. The van der Waals surface area contributed by atoms with Gasteiger partial charge in [0.25, 0.3) is 5.91 Å². The maximum absolute atomic E-state index is 13.9. The Morgan fingerprint density at radius 1 is 1.48 bits per heavy atom. The molecule has 2 atom stereocenters. The van der Waals surface area contributed by atoms with Crippen LogP contribution in [0.3, 0.4) is 0 Å². The number of ether oxygens (including phenoxy) is 1. The Bertz CT molecular complexity index is 545. The van der Waals surface area contributed by atoms with E-state index in [0.717, 1.165) is 10.9 Å². The standard InChI is InChI=1S/C16H22BrFN2O2.ClH/c1-10(2)20(9-11-7-12(17)3-5-14(11)18)16(21)15-6-4-13(8-19)22-15;/h3,5,7,10,13,15H,4,6,8-9,19H2,1-2H3;1H/t13-,15+;/m1./s1. The van der Waals surface area contributed by atoms with Crippen LogP contribution in [0.4, 0.5) is 4.39 Å². The van der Waals surface area contributed by atoms with Gasteiger partial charge in [0.1, 0.15) is 11.9 Å². The van der Waals surface area contributed by atoms with Crippen molar-refractivity contribution < 1.29 is 13.9 Å². The third-order valence-electron chi connectivity index (χ3n) is 3.90. The minimum atomic E-state index is -0.467. The zero-order valence-electron chi connectivity index (χ0n) is 13.3. The first-order valence-electron chi connectivity index (χ1n) is 7.52. The summed E-state index contributed by atoms with van der Waals surface area (Å²) in [6, 6.07) is 4.72. The molecule has 1 amide bonds. The van der Waals surface area contributed by atoms with Gasteiger partial charge >= 0.3 is 0 Å². The van der Waals surface area contributed by atoms with Crippen LogP contribution in [0.1, 0.15) is 32.3 Å². The highest BCUT2D eigenvalue weighted by molar-refractivity contribution is 9.10. The lowest BCUT2D eigenvalue weighted by Crippen LogP contribution is -2.43. The first-order valence-corrected chi connectivity index (χ1v) is 8.31. The Kier molecular flexibility index (Phi) is 7.94. The minimum absolute atomic E-state index is 0. The van der Waals surface area contributed by atoms with Crippen LogP contribution in [-0.4, -0.2) is 35.6 Å². The molecule has 0 aromatic heterocycles. The molecule has 1 aliphatic rings. The lowest BCUT2D eigenvalue weighted by molar-refractivity contribution is -0.145. The SMILES string of the molecule is CC(C)N(Cc1cc(Br)ccc1F)C(=O)[C@@H]1CC[C@H](CN)O1.Cl. The summed E-state index contributed by atoms with van der Waals surface area (Å²) >= 11 is 3.34. The zero-order valence-corrected chi connectivity index (χ0v) is 15.7. The Morgan fingerprint density at radius 2 is 2.17 bits per heavy atom. The van der Waals surface area contributed by atoms with Crippen LogP contribution in [0.5, 0.6) is 0 Å². The molecule has 0 radical (unpaired) electrons. The summed E-state index contributed by atoms with van der Waals surface area (Å²) in [4.78, 5) is 14.3. The highest BCUT2D eigenvalue weighted by atomic mass is 79.9. The highest BCUT2D eigenvalue weighted by Gasteiger charge is 2.34. The molecule has 0 aliphatic carbocycles. The lowest BCUT2D eigenvalue weighted by Gasteiger charge is -2.29. The molecular formula is C16H23BrClFN2O2. The average molecular weight is 410 g/mol. The van der Waals surface area contributed by atoms with Gasteiger partial charge in [0, 0.05) is 29.2 Å². The van der Waals surface area contributed by atoms with E-state index in [1.165, 1.54) is 6.07 Å². The van der Waals surface area contributed by atoms with Gasteiger partial charge in [-0.1, -0.05) is 15.9 Å². The molecule has 2 rings (SSSR count). The van der Waals surface area contributed by atoms with Crippen molar-refractivity contribution in [2.45, 2.75) is 51.5 Å². The van der Waals surface area contributed by atoms with Gasteiger partial charge in [-0.05, 0) is 44.9 Å². The highest BCUT2D eigenvalue weighted by Crippen LogP contribution is 2.24. The molecule has 0 spiro atoms. The van der Waals surface area contributed by atoms with Gasteiger partial charge in [-0.25, -0.2) is 4.39 Å². The van der Waals surface area contributed by atoms with Gasteiger partial charge in [-0.2, -0.15) is 0 Å². The Balaban J connectivity index is 0.00000264. The van der Waals surface area contributed by atoms with Gasteiger partial charge in [0.05, 0.1) is 6.10 Å². The Labute approximate surface area is 151 Å². The second kappa shape index (κ2) is 8.97. The van der Waals surface area contributed by atoms with Crippen molar-refractivity contribution in [1.82, 2.24) is 4.90 Å². The van der Waals surface area contributed by atoms with Crippen molar-refractivity contribution in [1.29, 1.82) is 0 Å². The molecule has 4 nitrogen and oxygen atoms in total. The summed E-state index contributed by atoms with van der Waals surface area (Å²) < 4.78 is 20.4. The number of carbonyl (C=O) groups excluding carboxylic acids is 1. The molecule has 23 heavy (non-hydrogen) atoms. The molecule has 7 heteroatoms. The van der Waals surface area contributed by atoms with E-state index in [1.807, 2.05) is 13.8 Å². The van der Waals surface area contributed by atoms with Gasteiger partial charge < -0.3 is 15.4 Å². The van der Waals surface area contributed by atoms with Crippen molar-refractivity contribution in [2.75, 3.05) is 6.54 Å². The smallest absolute Gasteiger partial charge is 0.252 e. The summed E-state index contributed by atoms with van der Waals surface area (Å²) in [7, 11) is 0. The molecule has 0 saturated carbocycles. The number of rotatable bonds is 5. The fourth-order valence-electron chi connectivity index (χ4n) is 2.61. The summed E-state index contributed by atoms with van der Waals surface area (Å²) in [5.74, 6) is -0.404. The van der Waals surface area contributed by atoms with Crippen molar-refractivity contribution in [3.8, 4) is 0 Å². The van der Waals surface area contributed by atoms with Gasteiger partial charge in [0.15, 0.2) is 0 Å². The fourth-order valence-corrected chi connectivity index (χ4v) is 3.02. The summed E-state index contributed by atoms with van der Waals surface area (Å²) in [5.41, 5.74) is 6.08. The van der Waals surface area contributed by atoms with Gasteiger partial charge in [0.2, 0.25) is 0 Å². The molecule has 1 fully saturated rings. The van der Waals surface area contributed by atoms with E-state index in [1.54, 1.807) is 17.0 Å². The van der Waals surface area contributed by atoms with Crippen LogP contribution in [0.15, 0.2) is 22.7 Å². The van der Waals surface area contributed by atoms with E-state index in [4.69, 9.17) is 10.5 Å². The molecule has 2 N–H and O–H groups in total. The predicted octanol–water partition coefficient (Wildman–Crippen LogP) is 3.25. The number of hydrogen-bond acceptors (Lipinski definition) is 3. The van der Waals surface area contributed by atoms with Crippen molar-refractivity contribution in [3.05, 3.63) is 34.1 Å². The molecule has 1 aromatic rings. The molecule has 1 aromatic carbocycles. The average Bonchev–Trinajstić information content (AvgIpc) is 2.96. The van der Waals surface area contributed by atoms with E-state index >= 15 is 0 Å². The fraction of sp³-hybridized carbons (Fsp3) is 0.562. The van der Waals surface area contributed by atoms with Crippen LogP contribution in [-0.2, 0) is 16.1 Å². The molecule has 1 saturated heterocycles. The monoisotopic (exact) mass is 408 g/mol. The number of nitrogens with two attached hydrogens (primary N) is 1. The summed E-state index contributed by atoms with van der Waals surface area (Å²) in [6.45, 7) is 4.49. The van der Waals surface area contributed by atoms with E-state index in [9.17, 15) is 9.18 Å². The van der Waals surface area contributed by atoms with E-state index in [2.05, 4.69) is 15.9 Å². The number of amides is 1. The maximum Gasteiger partial charge on any atom is 0.252 e. The number of nitrogens with zero attached hydrogens (tertiary/aromatic N) is 1. The van der Waals surface area contributed by atoms with Gasteiger partial charge in [-0.3, -0.25) is 4.79 Å². The first kappa shape index (κ1) is 20.4. The molecule has 0 unspecified atom stereocenters. The van der Waals surface area contributed by atoms with Crippen molar-refractivity contribution in [3.63, 3.8) is 0 Å². The molecule has 130 valence electrons. The molecule has 1 aliphatic heterocycles. The number of carbonyl (C=O) groups is 1. The zero-order chi connectivity index (χ0) is 16.3. The van der Waals surface area contributed by atoms with Crippen LogP contribution in [0.2, 0.25) is 0 Å². The second-order valence-corrected chi connectivity index (χ2v) is 6.77. The van der Waals surface area contributed by atoms with E-state index in [-0.39, 0.29) is 42.8 Å². The number of halogens is 3. The molecule has 1 heterocycles. The largest absolute Gasteiger partial charge is 0.364 e. The lowest BCUT2D eigenvalue weighted by atomic mass is 10.1. The van der Waals surface area contributed by atoms with Crippen LogP contribution >= 0.6 is 28.3 Å². The van der Waals surface area contributed by atoms with Gasteiger partial charge in [-0.15, -0.1) is 12.4 Å². The van der Waals surface area contributed by atoms with Crippen LogP contribution in [0.25, 0.3) is 0 Å². The predicted molar refractivity (Wildman–Crippen MR) is 94.0 cm³/mol. The molecule has 0 bridgehead atoms. The Morgan fingerprint density at radius 3 is 2.74 bits per heavy atom. The van der Waals surface area contributed by atoms with E-state index in [0.29, 0.717) is 18.5 Å². The van der Waals surface area contributed by atoms with Crippen LogP contribution < -0.4 is 5.73 Å². The summed E-state index contributed by atoms with van der Waals surface area (Å²) in [6.07, 6.45) is 0.950. The second-order valence-electron chi connectivity index (χ2n) is 5.86. The number of benzene rings is 1. The molecular weight excluding hydrogens is 387 g/mol. The minimum Gasteiger partial charge on any atom is -0.364 e. The number of hydrogen-bond donors (Lipinski definition) is 1. The maximum atomic E-state index is 13.9. The Hall–Kier alpha value is -0.690. The van der Waals surface area contributed by atoms with Crippen LogP contribution in [0, 0.1) is 5.82 Å². The third kappa shape index (κ3) is 5.14. The topological polar surface area (TPSA) is 55.6 Å². The normalized spacial score (nSPS) is 20.4. The summed E-state index contributed by atoms with van der Waals surface area (Å²) in [5, 5.41) is 0.